The number of phenols is 1. The number of phenolic OH excluding ortho intramolecular Hbond substituents is 1. The van der Waals surface area contributed by atoms with Gasteiger partial charge < -0.3 is 14.8 Å². The number of nitrogens with one attached hydrogen (secondary N) is 1. The van der Waals surface area contributed by atoms with Crippen LogP contribution in [0.25, 0.3) is 10.9 Å². The highest BCUT2D eigenvalue weighted by Crippen LogP contribution is 2.24. The Hall–Kier alpha value is -2.75. The lowest BCUT2D eigenvalue weighted by Crippen LogP contribution is -2.01. The van der Waals surface area contributed by atoms with Crippen LogP contribution in [0.15, 0.2) is 48.7 Å². The summed E-state index contributed by atoms with van der Waals surface area (Å²) in [4.78, 5) is 14.7. The van der Waals surface area contributed by atoms with E-state index < -0.39 is 0 Å². The van der Waals surface area contributed by atoms with Crippen LogP contribution in [-0.2, 0) is 11.2 Å². The minimum Gasteiger partial charge on any atom is -0.508 e. The number of ether oxygens (including phenoxy) is 1. The number of aromatic hydroxyl groups is 1. The lowest BCUT2D eigenvalue weighted by molar-refractivity contribution is 0.0600. The van der Waals surface area contributed by atoms with E-state index in [9.17, 15) is 9.90 Å². The second-order valence-electron chi connectivity index (χ2n) is 4.91. The summed E-state index contributed by atoms with van der Waals surface area (Å²) in [6.07, 6.45) is 2.63. The number of hydrogen-bond donors (Lipinski definition) is 2. The maximum atomic E-state index is 11.6. The van der Waals surface area contributed by atoms with E-state index in [-0.39, 0.29) is 11.7 Å². The normalized spacial score (nSPS) is 10.7. The van der Waals surface area contributed by atoms with Crippen LogP contribution >= 0.6 is 0 Å². The zero-order chi connectivity index (χ0) is 14.8. The lowest BCUT2D eigenvalue weighted by atomic mass is 10.0. The molecular formula is C17H15NO3. The van der Waals surface area contributed by atoms with Gasteiger partial charge in [-0.2, -0.15) is 0 Å². The number of H-pyrrole nitrogens is 1. The quantitative estimate of drug-likeness (QED) is 0.724. The smallest absolute Gasteiger partial charge is 0.337 e. The molecule has 0 saturated heterocycles. The van der Waals surface area contributed by atoms with E-state index in [0.717, 1.165) is 22.0 Å². The average Bonchev–Trinajstić information content (AvgIpc) is 2.89. The molecule has 0 aliphatic carbocycles. The number of aromatic nitrogens is 1. The largest absolute Gasteiger partial charge is 0.508 e. The first-order valence-corrected chi connectivity index (χ1v) is 6.63. The van der Waals surface area contributed by atoms with Crippen molar-refractivity contribution in [3.8, 4) is 5.75 Å². The number of aromatic amines is 1. The molecule has 3 aromatic rings. The van der Waals surface area contributed by atoms with Crippen molar-refractivity contribution in [2.24, 2.45) is 0 Å². The van der Waals surface area contributed by atoms with Gasteiger partial charge >= 0.3 is 5.97 Å². The molecule has 21 heavy (non-hydrogen) atoms. The summed E-state index contributed by atoms with van der Waals surface area (Å²) in [5.41, 5.74) is 3.60. The summed E-state index contributed by atoms with van der Waals surface area (Å²) in [7, 11) is 1.38. The fourth-order valence-corrected chi connectivity index (χ4v) is 2.47. The Balaban J connectivity index is 1.93. The number of hydrogen-bond acceptors (Lipinski definition) is 3. The first kappa shape index (κ1) is 13.2. The molecule has 0 aliphatic heterocycles. The van der Waals surface area contributed by atoms with Gasteiger partial charge in [0.1, 0.15) is 5.75 Å². The van der Waals surface area contributed by atoms with E-state index >= 15 is 0 Å². The molecule has 4 heteroatoms. The Morgan fingerprint density at radius 1 is 1.24 bits per heavy atom. The van der Waals surface area contributed by atoms with Crippen molar-refractivity contribution >= 4 is 16.9 Å². The van der Waals surface area contributed by atoms with Gasteiger partial charge in [0, 0.05) is 23.2 Å². The third-order valence-corrected chi connectivity index (χ3v) is 3.49. The van der Waals surface area contributed by atoms with Crippen LogP contribution in [0.3, 0.4) is 0 Å². The van der Waals surface area contributed by atoms with Crippen LogP contribution in [0.4, 0.5) is 0 Å². The summed E-state index contributed by atoms with van der Waals surface area (Å²) in [6.45, 7) is 0. The summed E-state index contributed by atoms with van der Waals surface area (Å²) in [5, 5.41) is 10.5. The minimum absolute atomic E-state index is 0.239. The van der Waals surface area contributed by atoms with E-state index in [0.29, 0.717) is 12.0 Å². The van der Waals surface area contributed by atoms with Crippen molar-refractivity contribution in [1.29, 1.82) is 0 Å². The highest BCUT2D eigenvalue weighted by molar-refractivity contribution is 5.89. The van der Waals surface area contributed by atoms with Gasteiger partial charge in [-0.25, -0.2) is 4.79 Å². The molecule has 3 rings (SSSR count). The van der Waals surface area contributed by atoms with Crippen LogP contribution in [0, 0.1) is 0 Å². The predicted molar refractivity (Wildman–Crippen MR) is 80.6 cm³/mol. The van der Waals surface area contributed by atoms with Crippen molar-refractivity contribution in [3.63, 3.8) is 0 Å². The summed E-state index contributed by atoms with van der Waals surface area (Å²) >= 11 is 0. The zero-order valence-corrected chi connectivity index (χ0v) is 11.6. The summed E-state index contributed by atoms with van der Waals surface area (Å²) in [5.74, 6) is -0.0933. The van der Waals surface area contributed by atoms with E-state index in [1.165, 1.54) is 7.11 Å². The molecule has 0 saturated carbocycles. The van der Waals surface area contributed by atoms with Crippen LogP contribution in [0.2, 0.25) is 0 Å². The van der Waals surface area contributed by atoms with E-state index in [2.05, 4.69) is 4.98 Å². The predicted octanol–water partition coefficient (Wildman–Crippen LogP) is 3.25. The van der Waals surface area contributed by atoms with Crippen LogP contribution in [0.5, 0.6) is 5.75 Å². The topological polar surface area (TPSA) is 62.3 Å². The molecule has 0 radical (unpaired) electrons. The van der Waals surface area contributed by atoms with Gasteiger partial charge in [0.15, 0.2) is 0 Å². The SMILES string of the molecule is COC(=O)c1cccc(Cc2c[nH]c3cc(O)ccc23)c1. The van der Waals surface area contributed by atoms with Gasteiger partial charge in [0.05, 0.1) is 12.7 Å². The Bertz CT molecular complexity index is 805. The summed E-state index contributed by atoms with van der Waals surface area (Å²) in [6, 6.07) is 12.7. The van der Waals surface area contributed by atoms with Crippen molar-refractivity contribution in [1.82, 2.24) is 4.98 Å². The molecule has 0 spiro atoms. The van der Waals surface area contributed by atoms with E-state index in [1.54, 1.807) is 18.2 Å². The van der Waals surface area contributed by atoms with Crippen molar-refractivity contribution in [3.05, 3.63) is 65.4 Å². The number of carbonyl (C=O) groups excluding carboxylic acids is 1. The number of fused-ring (bicyclic) bond motifs is 1. The van der Waals surface area contributed by atoms with Crippen molar-refractivity contribution in [2.75, 3.05) is 7.11 Å². The molecule has 1 heterocycles. The first-order valence-electron chi connectivity index (χ1n) is 6.63. The highest BCUT2D eigenvalue weighted by atomic mass is 16.5. The van der Waals surface area contributed by atoms with Crippen molar-refractivity contribution < 1.29 is 14.6 Å². The molecule has 0 bridgehead atoms. The van der Waals surface area contributed by atoms with Gasteiger partial charge in [-0.05, 0) is 41.8 Å². The van der Waals surface area contributed by atoms with Gasteiger partial charge in [0.25, 0.3) is 0 Å². The molecular weight excluding hydrogens is 266 g/mol. The number of rotatable bonds is 3. The molecule has 0 unspecified atom stereocenters. The molecule has 1 aromatic heterocycles. The van der Waals surface area contributed by atoms with Crippen LogP contribution in [0.1, 0.15) is 21.5 Å². The number of methoxy groups -OCH3 is 1. The third-order valence-electron chi connectivity index (χ3n) is 3.49. The standard InChI is InChI=1S/C17H15NO3/c1-21-17(20)12-4-2-3-11(7-12)8-13-10-18-16-9-14(19)5-6-15(13)16/h2-7,9-10,18-19H,8H2,1H3. The zero-order valence-electron chi connectivity index (χ0n) is 11.6. The average molecular weight is 281 g/mol. The van der Waals surface area contributed by atoms with Gasteiger partial charge in [0.2, 0.25) is 0 Å². The Morgan fingerprint density at radius 2 is 2.10 bits per heavy atom. The molecule has 0 atom stereocenters. The molecule has 2 N–H and O–H groups in total. The number of carbonyl (C=O) groups is 1. The fraction of sp³-hybridized carbons (Fsp3) is 0.118. The van der Waals surface area contributed by atoms with Gasteiger partial charge in [-0.15, -0.1) is 0 Å². The summed E-state index contributed by atoms with van der Waals surface area (Å²) < 4.78 is 4.74. The van der Waals surface area contributed by atoms with E-state index in [4.69, 9.17) is 4.74 Å². The number of benzene rings is 2. The second-order valence-corrected chi connectivity index (χ2v) is 4.91. The molecule has 2 aromatic carbocycles. The number of esters is 1. The lowest BCUT2D eigenvalue weighted by Gasteiger charge is -2.04. The first-order chi connectivity index (χ1) is 10.2. The molecule has 0 amide bonds. The van der Waals surface area contributed by atoms with Crippen LogP contribution in [-0.4, -0.2) is 23.2 Å². The highest BCUT2D eigenvalue weighted by Gasteiger charge is 2.08. The Morgan fingerprint density at radius 3 is 2.90 bits per heavy atom. The second kappa shape index (κ2) is 5.32. The van der Waals surface area contributed by atoms with Crippen molar-refractivity contribution in [2.45, 2.75) is 6.42 Å². The van der Waals surface area contributed by atoms with Crippen LogP contribution < -0.4 is 0 Å². The monoisotopic (exact) mass is 281 g/mol. The molecule has 0 fully saturated rings. The van der Waals surface area contributed by atoms with E-state index in [1.807, 2.05) is 30.5 Å². The molecule has 4 nitrogen and oxygen atoms in total. The molecule has 106 valence electrons. The third kappa shape index (κ3) is 2.60. The Labute approximate surface area is 122 Å². The van der Waals surface area contributed by atoms with Gasteiger partial charge in [-0.3, -0.25) is 0 Å². The Kier molecular flexibility index (Phi) is 3.36. The maximum absolute atomic E-state index is 11.6. The maximum Gasteiger partial charge on any atom is 0.337 e. The fourth-order valence-electron chi connectivity index (χ4n) is 2.47. The molecule has 0 aliphatic rings. The minimum atomic E-state index is -0.333. The van der Waals surface area contributed by atoms with Gasteiger partial charge in [-0.1, -0.05) is 12.1 Å².